The molecule has 3 heteroatoms. The van der Waals surface area contributed by atoms with E-state index < -0.39 is 0 Å². The van der Waals surface area contributed by atoms with Crippen LogP contribution in [0.25, 0.3) is 0 Å². The first kappa shape index (κ1) is 18.9. The van der Waals surface area contributed by atoms with Gasteiger partial charge in [-0.1, -0.05) is 31.2 Å². The van der Waals surface area contributed by atoms with Crippen LogP contribution < -0.4 is 0 Å². The number of benzene rings is 1. The average Bonchev–Trinajstić information content (AvgIpc) is 2.65. The van der Waals surface area contributed by atoms with E-state index in [1.54, 1.807) is 11.1 Å². The summed E-state index contributed by atoms with van der Waals surface area (Å²) >= 11 is 0. The second-order valence-corrected chi connectivity index (χ2v) is 8.11. The highest BCUT2D eigenvalue weighted by Crippen LogP contribution is 2.28. The van der Waals surface area contributed by atoms with Gasteiger partial charge < -0.3 is 14.7 Å². The van der Waals surface area contributed by atoms with Crippen LogP contribution in [0.4, 0.5) is 0 Å². The lowest BCUT2D eigenvalue weighted by Gasteiger charge is -2.32. The molecule has 0 bridgehead atoms. The fraction of sp³-hybridized carbons (Fsp3) is 0.727. The Labute approximate surface area is 155 Å². The number of likely N-dealkylation sites (tertiary alicyclic amines) is 1. The summed E-state index contributed by atoms with van der Waals surface area (Å²) in [5.41, 5.74) is 3.14. The predicted molar refractivity (Wildman–Crippen MR) is 107 cm³/mol. The van der Waals surface area contributed by atoms with Crippen LogP contribution in [0.5, 0.6) is 0 Å². The standard InChI is InChI=1S/C22H37N3/c1-3-11-24-13-9-21(10-14-24)22-8-4-6-20(19-22)7-5-12-25-17-15-23(2)16-18-25/h4,6,8,19,21H,3,5,7,9-18H2,1-2H3. The van der Waals surface area contributed by atoms with E-state index in [9.17, 15) is 0 Å². The quantitative estimate of drug-likeness (QED) is 0.751. The SMILES string of the molecule is CCCN1CCC(c2cccc(CCCN3CCN(C)CC3)c2)CC1. The molecule has 0 saturated carbocycles. The van der Waals surface area contributed by atoms with Gasteiger partial charge in [0.1, 0.15) is 0 Å². The third-order valence-electron chi connectivity index (χ3n) is 6.09. The van der Waals surface area contributed by atoms with E-state index in [0.29, 0.717) is 0 Å². The molecule has 0 unspecified atom stereocenters. The number of likely N-dealkylation sites (N-methyl/N-ethyl adjacent to an activating group) is 1. The van der Waals surface area contributed by atoms with Crippen LogP contribution in [0.3, 0.4) is 0 Å². The number of piperidine rings is 1. The van der Waals surface area contributed by atoms with Crippen LogP contribution in [0.2, 0.25) is 0 Å². The van der Waals surface area contributed by atoms with E-state index >= 15 is 0 Å². The molecule has 140 valence electrons. The number of nitrogens with zero attached hydrogens (tertiary/aromatic N) is 3. The summed E-state index contributed by atoms with van der Waals surface area (Å²) in [4.78, 5) is 7.70. The molecular formula is C22H37N3. The summed E-state index contributed by atoms with van der Waals surface area (Å²) in [5, 5.41) is 0. The predicted octanol–water partition coefficient (Wildman–Crippen LogP) is 3.46. The molecule has 2 saturated heterocycles. The molecule has 25 heavy (non-hydrogen) atoms. The van der Waals surface area contributed by atoms with E-state index in [4.69, 9.17) is 0 Å². The molecule has 2 aliphatic heterocycles. The zero-order chi connectivity index (χ0) is 17.5. The number of hydrogen-bond acceptors (Lipinski definition) is 3. The molecule has 0 amide bonds. The number of rotatable bonds is 7. The van der Waals surface area contributed by atoms with Crippen LogP contribution in [0.1, 0.15) is 49.7 Å². The topological polar surface area (TPSA) is 9.72 Å². The summed E-state index contributed by atoms with van der Waals surface area (Å²) in [6, 6.07) is 9.49. The summed E-state index contributed by atoms with van der Waals surface area (Å²) in [7, 11) is 2.23. The van der Waals surface area contributed by atoms with Crippen LogP contribution in [-0.2, 0) is 6.42 Å². The molecule has 2 heterocycles. The second kappa shape index (κ2) is 9.70. The van der Waals surface area contributed by atoms with Gasteiger partial charge in [0.2, 0.25) is 0 Å². The van der Waals surface area contributed by atoms with Crippen molar-refractivity contribution in [3.63, 3.8) is 0 Å². The third kappa shape index (κ3) is 5.80. The molecule has 0 N–H and O–H groups in total. The molecule has 3 rings (SSSR count). The molecule has 2 fully saturated rings. The molecule has 3 nitrogen and oxygen atoms in total. The zero-order valence-corrected chi connectivity index (χ0v) is 16.4. The van der Waals surface area contributed by atoms with Crippen LogP contribution in [0.15, 0.2) is 24.3 Å². The van der Waals surface area contributed by atoms with Gasteiger partial charge in [-0.25, -0.2) is 0 Å². The Morgan fingerprint density at radius 1 is 0.920 bits per heavy atom. The second-order valence-electron chi connectivity index (χ2n) is 8.11. The molecule has 0 spiro atoms. The molecular weight excluding hydrogens is 306 g/mol. The van der Waals surface area contributed by atoms with E-state index in [0.717, 1.165) is 5.92 Å². The zero-order valence-electron chi connectivity index (χ0n) is 16.4. The van der Waals surface area contributed by atoms with Crippen LogP contribution in [0, 0.1) is 0 Å². The van der Waals surface area contributed by atoms with Crippen molar-refractivity contribution in [1.82, 2.24) is 14.7 Å². The summed E-state index contributed by atoms with van der Waals surface area (Å²) in [6.07, 6.45) is 6.49. The molecule has 1 aromatic rings. The van der Waals surface area contributed by atoms with Gasteiger partial charge in [0, 0.05) is 26.2 Å². The maximum Gasteiger partial charge on any atom is 0.0110 e. The monoisotopic (exact) mass is 343 g/mol. The van der Waals surface area contributed by atoms with Gasteiger partial charge in [0.25, 0.3) is 0 Å². The Morgan fingerprint density at radius 3 is 2.36 bits per heavy atom. The lowest BCUT2D eigenvalue weighted by Crippen LogP contribution is -2.44. The van der Waals surface area contributed by atoms with Crippen molar-refractivity contribution in [1.29, 1.82) is 0 Å². The van der Waals surface area contributed by atoms with E-state index in [1.807, 2.05) is 0 Å². The lowest BCUT2D eigenvalue weighted by atomic mass is 9.88. The van der Waals surface area contributed by atoms with E-state index in [2.05, 4.69) is 52.9 Å². The Balaban J connectivity index is 1.44. The Morgan fingerprint density at radius 2 is 1.64 bits per heavy atom. The van der Waals surface area contributed by atoms with Crippen molar-refractivity contribution < 1.29 is 0 Å². The maximum absolute atomic E-state index is 2.64. The summed E-state index contributed by atoms with van der Waals surface area (Å²) < 4.78 is 0. The minimum Gasteiger partial charge on any atom is -0.304 e. The van der Waals surface area contributed by atoms with Crippen LogP contribution >= 0.6 is 0 Å². The molecule has 0 aromatic heterocycles. The van der Waals surface area contributed by atoms with Gasteiger partial charge in [0.05, 0.1) is 0 Å². The maximum atomic E-state index is 2.64. The molecule has 0 aliphatic carbocycles. The molecule has 2 aliphatic rings. The average molecular weight is 344 g/mol. The highest BCUT2D eigenvalue weighted by Gasteiger charge is 2.20. The van der Waals surface area contributed by atoms with Crippen LogP contribution in [-0.4, -0.2) is 74.1 Å². The molecule has 0 atom stereocenters. The number of piperazine rings is 1. The molecule has 1 aromatic carbocycles. The Hall–Kier alpha value is -0.900. The van der Waals surface area contributed by atoms with Crippen molar-refractivity contribution in [2.45, 2.75) is 44.9 Å². The first-order chi connectivity index (χ1) is 12.2. The first-order valence-electron chi connectivity index (χ1n) is 10.5. The van der Waals surface area contributed by atoms with Crippen molar-refractivity contribution in [2.75, 3.05) is 59.4 Å². The van der Waals surface area contributed by atoms with Crippen molar-refractivity contribution >= 4 is 0 Å². The normalized spacial score (nSPS) is 21.7. The highest BCUT2D eigenvalue weighted by molar-refractivity contribution is 5.27. The van der Waals surface area contributed by atoms with Crippen molar-refractivity contribution in [2.24, 2.45) is 0 Å². The fourth-order valence-corrected chi connectivity index (χ4v) is 4.39. The van der Waals surface area contributed by atoms with Crippen molar-refractivity contribution in [3.8, 4) is 0 Å². The Bertz CT molecular complexity index is 500. The fourth-order valence-electron chi connectivity index (χ4n) is 4.39. The first-order valence-corrected chi connectivity index (χ1v) is 10.5. The lowest BCUT2D eigenvalue weighted by molar-refractivity contribution is 0.153. The summed E-state index contributed by atoms with van der Waals surface area (Å²) in [6.45, 7) is 12.3. The van der Waals surface area contributed by atoms with Gasteiger partial charge in [-0.3, -0.25) is 0 Å². The van der Waals surface area contributed by atoms with Gasteiger partial charge in [0.15, 0.2) is 0 Å². The Kier molecular flexibility index (Phi) is 7.33. The smallest absolute Gasteiger partial charge is 0.0110 e. The van der Waals surface area contributed by atoms with Gasteiger partial charge in [-0.05, 0) is 82.4 Å². The number of hydrogen-bond donors (Lipinski definition) is 0. The largest absolute Gasteiger partial charge is 0.304 e. The summed E-state index contributed by atoms with van der Waals surface area (Å²) in [5.74, 6) is 0.783. The van der Waals surface area contributed by atoms with Gasteiger partial charge in [-0.2, -0.15) is 0 Å². The minimum atomic E-state index is 0.783. The molecule has 0 radical (unpaired) electrons. The number of aryl methyl sites for hydroxylation is 1. The highest BCUT2D eigenvalue weighted by atomic mass is 15.2. The van der Waals surface area contributed by atoms with E-state index in [1.165, 1.54) is 84.5 Å². The van der Waals surface area contributed by atoms with E-state index in [-0.39, 0.29) is 0 Å². The minimum absolute atomic E-state index is 0.783. The van der Waals surface area contributed by atoms with Gasteiger partial charge in [-0.15, -0.1) is 0 Å². The third-order valence-corrected chi connectivity index (χ3v) is 6.09. The van der Waals surface area contributed by atoms with Gasteiger partial charge >= 0.3 is 0 Å². The van der Waals surface area contributed by atoms with Crippen molar-refractivity contribution in [3.05, 3.63) is 35.4 Å².